The third-order valence-electron chi connectivity index (χ3n) is 6.60. The first kappa shape index (κ1) is 23.6. The van der Waals surface area contributed by atoms with Crippen LogP contribution in [-0.2, 0) is 7.05 Å². The number of amides is 1. The fourth-order valence-corrected chi connectivity index (χ4v) is 4.47. The van der Waals surface area contributed by atoms with Gasteiger partial charge >= 0.3 is 0 Å². The van der Waals surface area contributed by atoms with Crippen molar-refractivity contribution in [2.45, 2.75) is 0 Å². The van der Waals surface area contributed by atoms with Gasteiger partial charge in [0.1, 0.15) is 17.7 Å². The predicted molar refractivity (Wildman–Crippen MR) is 147 cm³/mol. The first-order valence-electron chi connectivity index (χ1n) is 12.4. The normalized spacial score (nSPS) is 14.1. The van der Waals surface area contributed by atoms with Crippen molar-refractivity contribution in [3.63, 3.8) is 0 Å². The van der Waals surface area contributed by atoms with Crippen LogP contribution in [0.5, 0.6) is 0 Å². The van der Waals surface area contributed by atoms with Crippen molar-refractivity contribution >= 4 is 34.4 Å². The molecule has 1 fully saturated rings. The minimum atomic E-state index is -0.299. The van der Waals surface area contributed by atoms with E-state index in [0.29, 0.717) is 28.5 Å². The van der Waals surface area contributed by atoms with Crippen LogP contribution < -0.4 is 15.5 Å². The third kappa shape index (κ3) is 4.91. The number of aryl methyl sites for hydroxylation is 1. The average molecular weight is 509 g/mol. The molecule has 11 heteroatoms. The van der Waals surface area contributed by atoms with Crippen molar-refractivity contribution in [1.29, 1.82) is 0 Å². The average Bonchev–Trinajstić information content (AvgIpc) is 3.56. The maximum Gasteiger partial charge on any atom is 0.261 e. The Bertz CT molecular complexity index is 1580. The Morgan fingerprint density at radius 2 is 1.76 bits per heavy atom. The van der Waals surface area contributed by atoms with E-state index < -0.39 is 0 Å². The van der Waals surface area contributed by atoms with E-state index in [-0.39, 0.29) is 5.91 Å². The van der Waals surface area contributed by atoms with Crippen LogP contribution in [-0.4, -0.2) is 73.4 Å². The fraction of sp³-hybridized carbons (Fsp3) is 0.222. The van der Waals surface area contributed by atoms with Gasteiger partial charge in [0.05, 0.1) is 6.20 Å². The number of anilines is 4. The molecule has 4 heterocycles. The maximum atomic E-state index is 13.2. The van der Waals surface area contributed by atoms with Crippen molar-refractivity contribution < 1.29 is 4.79 Å². The molecule has 2 N–H and O–H groups in total. The second-order valence-electron chi connectivity index (χ2n) is 9.38. The van der Waals surface area contributed by atoms with Gasteiger partial charge in [-0.2, -0.15) is 10.2 Å². The van der Waals surface area contributed by atoms with Gasteiger partial charge < -0.3 is 20.4 Å². The SMILES string of the molecule is CN1CCN(c2ccc(Nc3ccn4ncc(C(=O)Nc5cccc(-c6ncn(C)n6)c5)c4n3)cc2)CC1. The van der Waals surface area contributed by atoms with Crippen LogP contribution in [0, 0.1) is 0 Å². The van der Waals surface area contributed by atoms with E-state index in [1.54, 1.807) is 21.7 Å². The highest BCUT2D eigenvalue weighted by Gasteiger charge is 2.17. The summed E-state index contributed by atoms with van der Waals surface area (Å²) in [5.41, 5.74) is 4.42. The molecule has 11 nitrogen and oxygen atoms in total. The standard InChI is InChI=1S/C27H28N10O/c1-34-12-14-36(15-13-34)22-8-6-20(7-9-22)30-24-10-11-37-26(32-24)23(17-29-37)27(38)31-21-5-3-4-19(16-21)25-28-18-35(2)33-25/h3-11,16-18H,12-15H2,1-2H3,(H,30,32)(H,31,38). The van der Waals surface area contributed by atoms with Crippen LogP contribution in [0.25, 0.3) is 17.0 Å². The summed E-state index contributed by atoms with van der Waals surface area (Å²) in [5, 5.41) is 14.9. The van der Waals surface area contributed by atoms with Crippen LogP contribution in [0.4, 0.5) is 22.9 Å². The number of benzene rings is 2. The van der Waals surface area contributed by atoms with Gasteiger partial charge in [0.15, 0.2) is 11.5 Å². The topological polar surface area (TPSA) is 109 Å². The lowest BCUT2D eigenvalue weighted by atomic mass is 10.2. The van der Waals surface area contributed by atoms with Gasteiger partial charge in [-0.05, 0) is 49.5 Å². The second kappa shape index (κ2) is 9.94. The highest BCUT2D eigenvalue weighted by Crippen LogP contribution is 2.23. The number of fused-ring (bicyclic) bond motifs is 1. The summed E-state index contributed by atoms with van der Waals surface area (Å²) >= 11 is 0. The molecule has 0 atom stereocenters. The number of rotatable bonds is 6. The van der Waals surface area contributed by atoms with Crippen molar-refractivity contribution in [1.82, 2.24) is 34.3 Å². The number of nitrogens with zero attached hydrogens (tertiary/aromatic N) is 8. The molecule has 192 valence electrons. The fourth-order valence-electron chi connectivity index (χ4n) is 4.47. The Kier molecular flexibility index (Phi) is 6.18. The Morgan fingerprint density at radius 1 is 0.947 bits per heavy atom. The quantitative estimate of drug-likeness (QED) is 0.360. The van der Waals surface area contributed by atoms with Crippen molar-refractivity contribution in [2.75, 3.05) is 48.8 Å². The summed E-state index contributed by atoms with van der Waals surface area (Å²) in [5.74, 6) is 0.920. The lowest BCUT2D eigenvalue weighted by molar-refractivity contribution is 0.102. The Hall–Kier alpha value is -4.77. The Balaban J connectivity index is 1.17. The number of hydrogen-bond donors (Lipinski definition) is 2. The summed E-state index contributed by atoms with van der Waals surface area (Å²) in [7, 11) is 3.97. The van der Waals surface area contributed by atoms with Crippen molar-refractivity contribution in [3.8, 4) is 11.4 Å². The van der Waals surface area contributed by atoms with Gasteiger partial charge in [-0.3, -0.25) is 9.48 Å². The molecule has 2 aromatic carbocycles. The highest BCUT2D eigenvalue weighted by molar-refractivity contribution is 6.08. The first-order valence-corrected chi connectivity index (χ1v) is 12.4. The summed E-state index contributed by atoms with van der Waals surface area (Å²) in [6.45, 7) is 4.19. The van der Waals surface area contributed by atoms with Crippen molar-refractivity contribution in [2.24, 2.45) is 7.05 Å². The summed E-state index contributed by atoms with van der Waals surface area (Å²) < 4.78 is 3.23. The molecule has 1 amide bonds. The molecule has 3 aromatic heterocycles. The van der Waals surface area contributed by atoms with Crippen LogP contribution in [0.15, 0.2) is 73.3 Å². The van der Waals surface area contributed by atoms with Gasteiger partial charge in [0.25, 0.3) is 5.91 Å². The number of carbonyl (C=O) groups excluding carboxylic acids is 1. The van der Waals surface area contributed by atoms with E-state index in [0.717, 1.165) is 37.4 Å². The van der Waals surface area contributed by atoms with Crippen molar-refractivity contribution in [3.05, 3.63) is 78.9 Å². The zero-order chi connectivity index (χ0) is 26.1. The molecule has 1 aliphatic rings. The van der Waals surface area contributed by atoms with Gasteiger partial charge in [-0.1, -0.05) is 12.1 Å². The predicted octanol–water partition coefficient (Wildman–Crippen LogP) is 3.27. The Morgan fingerprint density at radius 3 is 2.53 bits per heavy atom. The Labute approximate surface area is 219 Å². The monoisotopic (exact) mass is 508 g/mol. The van der Waals surface area contributed by atoms with Crippen LogP contribution in [0.1, 0.15) is 10.4 Å². The minimum Gasteiger partial charge on any atom is -0.369 e. The van der Waals surface area contributed by atoms with Gasteiger partial charge in [0, 0.05) is 62.0 Å². The van der Waals surface area contributed by atoms with E-state index in [9.17, 15) is 4.79 Å². The van der Waals surface area contributed by atoms with E-state index in [1.165, 1.54) is 11.9 Å². The second-order valence-corrected chi connectivity index (χ2v) is 9.38. The summed E-state index contributed by atoms with van der Waals surface area (Å²) in [4.78, 5) is 26.8. The zero-order valence-corrected chi connectivity index (χ0v) is 21.2. The molecule has 0 unspecified atom stereocenters. The number of carbonyl (C=O) groups is 1. The highest BCUT2D eigenvalue weighted by atomic mass is 16.1. The summed E-state index contributed by atoms with van der Waals surface area (Å²) in [6, 6.07) is 17.6. The van der Waals surface area contributed by atoms with Gasteiger partial charge in [0.2, 0.25) is 0 Å². The van der Waals surface area contributed by atoms with Crippen LogP contribution >= 0.6 is 0 Å². The van der Waals surface area contributed by atoms with Gasteiger partial charge in [-0.25, -0.2) is 14.5 Å². The number of aromatic nitrogens is 6. The first-order chi connectivity index (χ1) is 18.5. The largest absolute Gasteiger partial charge is 0.369 e. The molecular weight excluding hydrogens is 480 g/mol. The lowest BCUT2D eigenvalue weighted by Crippen LogP contribution is -2.44. The third-order valence-corrected chi connectivity index (χ3v) is 6.60. The minimum absolute atomic E-state index is 0.299. The van der Waals surface area contributed by atoms with E-state index in [4.69, 9.17) is 0 Å². The molecule has 1 saturated heterocycles. The molecule has 1 aliphatic heterocycles. The zero-order valence-electron chi connectivity index (χ0n) is 21.2. The number of likely N-dealkylation sites (N-methyl/N-ethyl adjacent to an activating group) is 1. The van der Waals surface area contributed by atoms with E-state index >= 15 is 0 Å². The smallest absolute Gasteiger partial charge is 0.261 e. The number of nitrogens with one attached hydrogen (secondary N) is 2. The van der Waals surface area contributed by atoms with E-state index in [1.807, 2.05) is 49.5 Å². The molecule has 0 saturated carbocycles. The number of piperazine rings is 1. The summed E-state index contributed by atoms with van der Waals surface area (Å²) in [6.07, 6.45) is 4.95. The van der Waals surface area contributed by atoms with Crippen LogP contribution in [0.3, 0.4) is 0 Å². The molecule has 0 aliphatic carbocycles. The molecule has 5 aromatic rings. The molecule has 38 heavy (non-hydrogen) atoms. The molecule has 0 radical (unpaired) electrons. The molecular formula is C27H28N10O. The van der Waals surface area contributed by atoms with E-state index in [2.05, 4.69) is 59.8 Å². The molecule has 6 rings (SSSR count). The molecule has 0 bridgehead atoms. The molecule has 0 spiro atoms. The van der Waals surface area contributed by atoms with Crippen LogP contribution in [0.2, 0.25) is 0 Å². The van der Waals surface area contributed by atoms with Gasteiger partial charge in [-0.15, -0.1) is 0 Å². The number of hydrogen-bond acceptors (Lipinski definition) is 8. The lowest BCUT2D eigenvalue weighted by Gasteiger charge is -2.34. The maximum absolute atomic E-state index is 13.2.